The summed E-state index contributed by atoms with van der Waals surface area (Å²) >= 11 is 0. The fourth-order valence-electron chi connectivity index (χ4n) is 2.29. The fourth-order valence-corrected chi connectivity index (χ4v) is 2.29. The summed E-state index contributed by atoms with van der Waals surface area (Å²) in [5.74, 6) is 0. The smallest absolute Gasteiger partial charge is 0.238 e. The lowest BCUT2D eigenvalue weighted by atomic mass is 10.2. The minimum Gasteiger partial charge on any atom is -0.338 e. The Bertz CT molecular complexity index is 650. The van der Waals surface area contributed by atoms with Crippen LogP contribution in [0.2, 0.25) is 0 Å². The topological polar surface area (TPSA) is 8.81 Å². The van der Waals surface area contributed by atoms with Gasteiger partial charge in [-0.2, -0.15) is 4.57 Å². The molecule has 2 heteroatoms. The highest BCUT2D eigenvalue weighted by molar-refractivity contribution is 6.03. The van der Waals surface area contributed by atoms with Gasteiger partial charge in [0.25, 0.3) is 0 Å². The molecule has 0 N–H and O–H groups in total. The third-order valence-electron chi connectivity index (χ3n) is 3.04. The summed E-state index contributed by atoms with van der Waals surface area (Å²) in [6, 6.07) is 12.8. The van der Waals surface area contributed by atoms with Gasteiger partial charge in [0.05, 0.1) is 10.9 Å². The molecule has 3 rings (SSSR count). The van der Waals surface area contributed by atoms with Crippen LogP contribution in [0.5, 0.6) is 0 Å². The zero-order chi connectivity index (χ0) is 10.4. The Morgan fingerprint density at radius 3 is 2.60 bits per heavy atom. The van der Waals surface area contributed by atoms with Gasteiger partial charge in [-0.1, -0.05) is 12.1 Å². The quantitative estimate of drug-likeness (QED) is 0.488. The van der Waals surface area contributed by atoms with Crippen LogP contribution in [0, 0.1) is 0 Å². The molecule has 15 heavy (non-hydrogen) atoms. The van der Waals surface area contributed by atoms with Crippen molar-refractivity contribution in [3.63, 3.8) is 0 Å². The SMILES string of the molecule is Cn1c2ccccc2c2c1ccc[n+]2C. The molecule has 0 unspecified atom stereocenters. The summed E-state index contributed by atoms with van der Waals surface area (Å²) in [7, 11) is 4.21. The van der Waals surface area contributed by atoms with Gasteiger partial charge in [-0.25, -0.2) is 0 Å². The van der Waals surface area contributed by atoms with Crippen LogP contribution >= 0.6 is 0 Å². The minimum absolute atomic E-state index is 1.28. The second kappa shape index (κ2) is 2.83. The summed E-state index contributed by atoms with van der Waals surface area (Å²) in [5.41, 5.74) is 3.87. The molecule has 1 aromatic carbocycles. The lowest BCUT2D eigenvalue weighted by Gasteiger charge is -1.94. The van der Waals surface area contributed by atoms with E-state index in [4.69, 9.17) is 0 Å². The number of para-hydroxylation sites is 1. The van der Waals surface area contributed by atoms with Gasteiger partial charge in [0, 0.05) is 13.1 Å². The second-order valence-corrected chi connectivity index (χ2v) is 3.93. The van der Waals surface area contributed by atoms with Crippen LogP contribution < -0.4 is 4.57 Å². The summed E-state index contributed by atoms with van der Waals surface area (Å²) in [6.07, 6.45) is 2.09. The van der Waals surface area contributed by atoms with Gasteiger partial charge < -0.3 is 4.57 Å². The Hall–Kier alpha value is -1.83. The maximum atomic E-state index is 2.24. The van der Waals surface area contributed by atoms with Crippen LogP contribution in [0.15, 0.2) is 42.6 Å². The zero-order valence-electron chi connectivity index (χ0n) is 8.94. The van der Waals surface area contributed by atoms with Gasteiger partial charge in [0.2, 0.25) is 5.52 Å². The highest BCUT2D eigenvalue weighted by Crippen LogP contribution is 2.24. The van der Waals surface area contributed by atoms with Gasteiger partial charge in [0.15, 0.2) is 6.20 Å². The van der Waals surface area contributed by atoms with Gasteiger partial charge in [-0.3, -0.25) is 0 Å². The molecule has 0 amide bonds. The highest BCUT2D eigenvalue weighted by atomic mass is 15.0. The molecule has 2 heterocycles. The maximum Gasteiger partial charge on any atom is 0.238 e. The molecule has 0 aliphatic rings. The minimum atomic E-state index is 1.28. The van der Waals surface area contributed by atoms with E-state index in [0.717, 1.165) is 0 Å². The fraction of sp³-hybridized carbons (Fsp3) is 0.154. The monoisotopic (exact) mass is 197 g/mol. The molecule has 0 bridgehead atoms. The highest BCUT2D eigenvalue weighted by Gasteiger charge is 2.14. The normalized spacial score (nSPS) is 11.3. The number of hydrogen-bond donors (Lipinski definition) is 0. The Labute approximate surface area is 88.4 Å². The predicted octanol–water partition coefficient (Wildman–Crippen LogP) is 2.16. The third kappa shape index (κ3) is 1.02. The van der Waals surface area contributed by atoms with Crippen LogP contribution in [0.4, 0.5) is 0 Å². The van der Waals surface area contributed by atoms with Crippen molar-refractivity contribution in [2.24, 2.45) is 14.1 Å². The molecule has 0 saturated carbocycles. The molecule has 74 valence electrons. The first-order chi connectivity index (χ1) is 7.29. The summed E-state index contributed by atoms with van der Waals surface area (Å²) in [4.78, 5) is 0. The first kappa shape index (κ1) is 8.48. The number of benzene rings is 1. The first-order valence-corrected chi connectivity index (χ1v) is 5.11. The summed E-state index contributed by atoms with van der Waals surface area (Å²) in [6.45, 7) is 0. The van der Waals surface area contributed by atoms with Crippen molar-refractivity contribution in [3.8, 4) is 0 Å². The van der Waals surface area contributed by atoms with Crippen molar-refractivity contribution in [1.29, 1.82) is 0 Å². The second-order valence-electron chi connectivity index (χ2n) is 3.93. The number of hydrogen-bond acceptors (Lipinski definition) is 0. The van der Waals surface area contributed by atoms with Gasteiger partial charge in [0.1, 0.15) is 12.6 Å². The number of fused-ring (bicyclic) bond motifs is 3. The molecule has 2 nitrogen and oxygen atoms in total. The molecule has 0 aliphatic heterocycles. The van der Waals surface area contributed by atoms with E-state index in [9.17, 15) is 0 Å². The van der Waals surface area contributed by atoms with Crippen LogP contribution in [0.25, 0.3) is 21.9 Å². The van der Waals surface area contributed by atoms with Crippen LogP contribution in [0.1, 0.15) is 0 Å². The average molecular weight is 197 g/mol. The van der Waals surface area contributed by atoms with E-state index in [0.29, 0.717) is 0 Å². The maximum absolute atomic E-state index is 2.24. The number of pyridine rings is 1. The largest absolute Gasteiger partial charge is 0.338 e. The van der Waals surface area contributed by atoms with E-state index >= 15 is 0 Å². The van der Waals surface area contributed by atoms with E-state index in [1.807, 2.05) is 0 Å². The number of aryl methyl sites for hydroxylation is 2. The molecular weight excluding hydrogens is 184 g/mol. The molecule has 0 spiro atoms. The molecule has 0 atom stereocenters. The van der Waals surface area contributed by atoms with E-state index in [-0.39, 0.29) is 0 Å². The molecule has 0 radical (unpaired) electrons. The van der Waals surface area contributed by atoms with E-state index < -0.39 is 0 Å². The van der Waals surface area contributed by atoms with Gasteiger partial charge >= 0.3 is 0 Å². The zero-order valence-corrected chi connectivity index (χ0v) is 8.94. The molecular formula is C13H13N2+. The summed E-state index contributed by atoms with van der Waals surface area (Å²) in [5, 5.41) is 1.32. The lowest BCUT2D eigenvalue weighted by molar-refractivity contribution is -0.644. The van der Waals surface area contributed by atoms with Gasteiger partial charge in [-0.15, -0.1) is 0 Å². The number of nitrogens with zero attached hydrogens (tertiary/aromatic N) is 2. The Balaban J connectivity index is 2.70. The van der Waals surface area contributed by atoms with Crippen LogP contribution in [-0.4, -0.2) is 4.57 Å². The average Bonchev–Trinajstić information content (AvgIpc) is 2.55. The lowest BCUT2D eigenvalue weighted by Crippen LogP contribution is -2.27. The van der Waals surface area contributed by atoms with E-state index in [1.54, 1.807) is 0 Å². The van der Waals surface area contributed by atoms with Crippen LogP contribution in [0.3, 0.4) is 0 Å². The van der Waals surface area contributed by atoms with E-state index in [2.05, 4.69) is 65.8 Å². The molecule has 0 aliphatic carbocycles. The van der Waals surface area contributed by atoms with Crippen molar-refractivity contribution in [3.05, 3.63) is 42.6 Å². The molecule has 0 fully saturated rings. The number of rotatable bonds is 0. The predicted molar refractivity (Wildman–Crippen MR) is 61.6 cm³/mol. The number of aromatic nitrogens is 2. The molecule has 2 aromatic heterocycles. The van der Waals surface area contributed by atoms with Crippen LogP contribution in [-0.2, 0) is 14.1 Å². The van der Waals surface area contributed by atoms with E-state index in [1.165, 1.54) is 21.9 Å². The Kier molecular flexibility index (Phi) is 1.60. The molecule has 3 aromatic rings. The Morgan fingerprint density at radius 2 is 1.73 bits per heavy atom. The Morgan fingerprint density at radius 1 is 1.00 bits per heavy atom. The van der Waals surface area contributed by atoms with Crippen molar-refractivity contribution in [2.45, 2.75) is 0 Å². The summed E-state index contributed by atoms with van der Waals surface area (Å²) < 4.78 is 4.42. The molecule has 0 saturated heterocycles. The third-order valence-corrected chi connectivity index (χ3v) is 3.04. The van der Waals surface area contributed by atoms with Crippen molar-refractivity contribution in [1.82, 2.24) is 4.57 Å². The van der Waals surface area contributed by atoms with Crippen molar-refractivity contribution in [2.75, 3.05) is 0 Å². The standard InChI is InChI=1S/C13H13N2/c1-14-9-5-8-12-13(14)10-6-3-4-7-11(10)15(12)2/h3-9H,1-2H3/q+1. The van der Waals surface area contributed by atoms with Gasteiger partial charge in [-0.05, 0) is 18.2 Å². The van der Waals surface area contributed by atoms with Crippen molar-refractivity contribution >= 4 is 21.9 Å². The first-order valence-electron chi connectivity index (χ1n) is 5.11. The van der Waals surface area contributed by atoms with Crippen molar-refractivity contribution < 1.29 is 4.57 Å².